The van der Waals surface area contributed by atoms with Gasteiger partial charge in [-0.2, -0.15) is 8.78 Å². The molecule has 0 heterocycles. The molecule has 1 aromatic rings. The number of hydrogen-bond donors (Lipinski definition) is 2. The summed E-state index contributed by atoms with van der Waals surface area (Å²) in [7, 11) is 1.51. The third-order valence-corrected chi connectivity index (χ3v) is 2.91. The third kappa shape index (κ3) is 4.50. The predicted molar refractivity (Wildman–Crippen MR) is 67.0 cm³/mol. The first-order valence-corrected chi connectivity index (χ1v) is 6.09. The second-order valence-corrected chi connectivity index (χ2v) is 4.48. The number of hydrogen-bond acceptors (Lipinski definition) is 3. The van der Waals surface area contributed by atoms with Crippen molar-refractivity contribution in [1.82, 2.24) is 4.90 Å². The van der Waals surface area contributed by atoms with Crippen molar-refractivity contribution in [1.29, 1.82) is 0 Å². The van der Waals surface area contributed by atoms with Gasteiger partial charge in [-0.15, -0.1) is 0 Å². The van der Waals surface area contributed by atoms with Crippen molar-refractivity contribution in [3.05, 3.63) is 24.3 Å². The van der Waals surface area contributed by atoms with Gasteiger partial charge in [0.05, 0.1) is 12.3 Å². The zero-order valence-corrected chi connectivity index (χ0v) is 10.6. The first-order chi connectivity index (χ1) is 8.54. The lowest BCUT2D eigenvalue weighted by Gasteiger charge is -2.17. The smallest absolute Gasteiger partial charge is 0.321 e. The fourth-order valence-electron chi connectivity index (χ4n) is 1.23. The zero-order valence-electron chi connectivity index (χ0n) is 9.77. The Labute approximate surface area is 108 Å². The number of halogens is 2. The van der Waals surface area contributed by atoms with Crippen LogP contribution in [0.5, 0.6) is 0 Å². The topological polar surface area (TPSA) is 52.6 Å². The molecule has 2 N–H and O–H groups in total. The second kappa shape index (κ2) is 7.17. The summed E-state index contributed by atoms with van der Waals surface area (Å²) in [4.78, 5) is 13.2. The van der Waals surface area contributed by atoms with Crippen LogP contribution in [0.3, 0.4) is 0 Å². The molecule has 0 unspecified atom stereocenters. The Bertz CT molecular complexity index is 404. The molecule has 1 aromatic carbocycles. The summed E-state index contributed by atoms with van der Waals surface area (Å²) >= 11 is 0.376. The number of carbonyl (C=O) groups is 1. The quantitative estimate of drug-likeness (QED) is 0.812. The monoisotopic (exact) mass is 276 g/mol. The van der Waals surface area contributed by atoms with Gasteiger partial charge in [0.25, 0.3) is 5.76 Å². The summed E-state index contributed by atoms with van der Waals surface area (Å²) in [5, 5.41) is 11.2. The van der Waals surface area contributed by atoms with E-state index in [0.717, 1.165) is 0 Å². The van der Waals surface area contributed by atoms with Gasteiger partial charge < -0.3 is 15.3 Å². The highest BCUT2D eigenvalue weighted by atomic mass is 32.2. The summed E-state index contributed by atoms with van der Waals surface area (Å²) in [6.07, 6.45) is 0. The van der Waals surface area contributed by atoms with Gasteiger partial charge in [-0.1, -0.05) is 23.9 Å². The van der Waals surface area contributed by atoms with Gasteiger partial charge in [0.2, 0.25) is 0 Å². The highest BCUT2D eigenvalue weighted by Crippen LogP contribution is 2.31. The van der Waals surface area contributed by atoms with E-state index in [4.69, 9.17) is 5.11 Å². The number of alkyl halides is 2. The van der Waals surface area contributed by atoms with Crippen LogP contribution < -0.4 is 5.32 Å². The number of nitrogens with zero attached hydrogens (tertiary/aromatic N) is 1. The number of anilines is 1. The van der Waals surface area contributed by atoms with Crippen LogP contribution in [0.1, 0.15) is 0 Å². The number of carbonyl (C=O) groups excluding carboxylic acids is 1. The van der Waals surface area contributed by atoms with Crippen molar-refractivity contribution >= 4 is 23.5 Å². The second-order valence-electron chi connectivity index (χ2n) is 3.45. The van der Waals surface area contributed by atoms with Crippen molar-refractivity contribution < 1.29 is 18.7 Å². The number of rotatable bonds is 5. The Balaban J connectivity index is 2.74. The largest absolute Gasteiger partial charge is 0.395 e. The number of urea groups is 1. The number of benzene rings is 1. The minimum Gasteiger partial charge on any atom is -0.395 e. The minimum absolute atomic E-state index is 0.155. The predicted octanol–water partition coefficient (Wildman–Crippen LogP) is 2.46. The van der Waals surface area contributed by atoms with Crippen LogP contribution in [0, 0.1) is 0 Å². The standard InChI is InChI=1S/C11H14F2N2O2S/c1-15(6-7-16)11(17)14-8-4-2-3-5-9(8)18-10(12)13/h2-5,10,16H,6-7H2,1H3,(H,14,17). The van der Waals surface area contributed by atoms with Crippen LogP contribution in [0.4, 0.5) is 19.3 Å². The number of para-hydroxylation sites is 1. The van der Waals surface area contributed by atoms with Crippen molar-refractivity contribution in [2.75, 3.05) is 25.5 Å². The van der Waals surface area contributed by atoms with E-state index in [-0.39, 0.29) is 13.2 Å². The molecule has 2 amide bonds. The molecule has 0 aliphatic rings. The molecule has 0 saturated heterocycles. The van der Waals surface area contributed by atoms with Crippen LogP contribution in [0.15, 0.2) is 29.2 Å². The van der Waals surface area contributed by atoms with Crippen LogP contribution in [-0.2, 0) is 0 Å². The minimum atomic E-state index is -2.54. The Morgan fingerprint density at radius 1 is 1.50 bits per heavy atom. The fraction of sp³-hybridized carbons (Fsp3) is 0.364. The molecule has 0 radical (unpaired) electrons. The normalized spacial score (nSPS) is 10.5. The highest BCUT2D eigenvalue weighted by molar-refractivity contribution is 7.99. The van der Waals surface area contributed by atoms with Crippen LogP contribution in [-0.4, -0.2) is 42.0 Å². The van der Waals surface area contributed by atoms with Gasteiger partial charge in [-0.05, 0) is 12.1 Å². The molecular formula is C11H14F2N2O2S. The average molecular weight is 276 g/mol. The molecule has 100 valence electrons. The summed E-state index contributed by atoms with van der Waals surface area (Å²) in [6, 6.07) is 5.88. The van der Waals surface area contributed by atoms with E-state index in [1.165, 1.54) is 18.0 Å². The van der Waals surface area contributed by atoms with Crippen molar-refractivity contribution in [2.45, 2.75) is 10.7 Å². The molecule has 0 aliphatic carbocycles. The molecule has 7 heteroatoms. The van der Waals surface area contributed by atoms with Gasteiger partial charge in [-0.25, -0.2) is 4.79 Å². The summed E-state index contributed by atoms with van der Waals surface area (Å²) < 4.78 is 24.6. The van der Waals surface area contributed by atoms with Gasteiger partial charge in [0.15, 0.2) is 0 Å². The van der Waals surface area contributed by atoms with E-state index >= 15 is 0 Å². The zero-order chi connectivity index (χ0) is 13.5. The molecule has 0 atom stereocenters. The SMILES string of the molecule is CN(CCO)C(=O)Nc1ccccc1SC(F)F. The van der Waals surface area contributed by atoms with Gasteiger partial charge >= 0.3 is 6.03 Å². The lowest BCUT2D eigenvalue weighted by atomic mass is 10.3. The summed E-state index contributed by atoms with van der Waals surface area (Å²) in [5.74, 6) is -2.54. The lowest BCUT2D eigenvalue weighted by molar-refractivity contribution is 0.202. The van der Waals surface area contributed by atoms with Crippen molar-refractivity contribution in [3.63, 3.8) is 0 Å². The van der Waals surface area contributed by atoms with Crippen molar-refractivity contribution in [2.24, 2.45) is 0 Å². The van der Waals surface area contributed by atoms with Crippen LogP contribution in [0.2, 0.25) is 0 Å². The average Bonchev–Trinajstić information content (AvgIpc) is 2.31. The maximum Gasteiger partial charge on any atom is 0.321 e. The highest BCUT2D eigenvalue weighted by Gasteiger charge is 2.13. The van der Waals surface area contributed by atoms with Crippen molar-refractivity contribution in [3.8, 4) is 0 Å². The number of amides is 2. The first-order valence-electron chi connectivity index (χ1n) is 5.21. The molecule has 0 bridgehead atoms. The fourth-order valence-corrected chi connectivity index (χ4v) is 1.83. The van der Waals surface area contributed by atoms with E-state index in [1.54, 1.807) is 18.2 Å². The van der Waals surface area contributed by atoms with E-state index in [0.29, 0.717) is 22.3 Å². The Kier molecular flexibility index (Phi) is 5.87. The van der Waals surface area contributed by atoms with Crippen LogP contribution >= 0.6 is 11.8 Å². The van der Waals surface area contributed by atoms with E-state index < -0.39 is 11.8 Å². The molecule has 0 saturated carbocycles. The summed E-state index contributed by atoms with van der Waals surface area (Å²) in [6.45, 7) is 0.0212. The molecule has 4 nitrogen and oxygen atoms in total. The molecular weight excluding hydrogens is 262 g/mol. The molecule has 0 fully saturated rings. The van der Waals surface area contributed by atoms with Gasteiger partial charge in [0.1, 0.15) is 0 Å². The maximum atomic E-state index is 12.3. The first kappa shape index (κ1) is 14.7. The lowest BCUT2D eigenvalue weighted by Crippen LogP contribution is -2.33. The Hall–Kier alpha value is -1.34. The molecule has 0 aliphatic heterocycles. The summed E-state index contributed by atoms with van der Waals surface area (Å²) in [5.41, 5.74) is 0.331. The van der Waals surface area contributed by atoms with Gasteiger partial charge in [-0.3, -0.25) is 0 Å². The van der Waals surface area contributed by atoms with E-state index in [1.807, 2.05) is 0 Å². The third-order valence-electron chi connectivity index (χ3n) is 2.13. The number of likely N-dealkylation sites (N-methyl/N-ethyl adjacent to an activating group) is 1. The number of aliphatic hydroxyl groups excluding tert-OH is 1. The number of thioether (sulfide) groups is 1. The maximum absolute atomic E-state index is 12.3. The molecule has 0 aromatic heterocycles. The van der Waals surface area contributed by atoms with E-state index in [2.05, 4.69) is 5.32 Å². The number of aliphatic hydroxyl groups is 1. The molecule has 0 spiro atoms. The molecule has 18 heavy (non-hydrogen) atoms. The number of nitrogens with one attached hydrogen (secondary N) is 1. The van der Waals surface area contributed by atoms with Gasteiger partial charge in [0, 0.05) is 18.5 Å². The van der Waals surface area contributed by atoms with E-state index in [9.17, 15) is 13.6 Å². The van der Waals surface area contributed by atoms with Crippen LogP contribution in [0.25, 0.3) is 0 Å². The Morgan fingerprint density at radius 2 is 2.17 bits per heavy atom. The molecule has 1 rings (SSSR count). The Morgan fingerprint density at radius 3 is 2.78 bits per heavy atom.